The van der Waals surface area contributed by atoms with Gasteiger partial charge in [0.25, 0.3) is 5.91 Å². The monoisotopic (exact) mass is 505 g/mol. The molecule has 37 heavy (non-hydrogen) atoms. The molecule has 3 saturated heterocycles. The third kappa shape index (κ3) is 4.72. The Morgan fingerprint density at radius 3 is 2.49 bits per heavy atom. The molecule has 1 aromatic heterocycles. The van der Waals surface area contributed by atoms with Crippen LogP contribution in [-0.4, -0.2) is 64.7 Å². The number of imide groups is 1. The summed E-state index contributed by atoms with van der Waals surface area (Å²) in [4.78, 5) is 47.6. The van der Waals surface area contributed by atoms with Crippen LogP contribution in [0.3, 0.4) is 0 Å². The minimum atomic E-state index is -0.689. The lowest BCUT2D eigenvalue weighted by atomic mass is 9.87. The molecule has 3 fully saturated rings. The number of nitrogens with zero attached hydrogens (tertiary/aromatic N) is 4. The van der Waals surface area contributed by atoms with Gasteiger partial charge in [-0.3, -0.25) is 24.6 Å². The molecule has 194 valence electrons. The number of benzene rings is 1. The molecule has 1 unspecified atom stereocenters. The van der Waals surface area contributed by atoms with E-state index in [9.17, 15) is 14.4 Å². The maximum absolute atomic E-state index is 15.2. The normalized spacial score (nSPS) is 23.1. The van der Waals surface area contributed by atoms with Gasteiger partial charge in [0.2, 0.25) is 11.8 Å². The molecule has 0 spiro atoms. The van der Waals surface area contributed by atoms with Gasteiger partial charge in [-0.2, -0.15) is 0 Å². The van der Waals surface area contributed by atoms with Crippen molar-refractivity contribution in [1.82, 2.24) is 20.1 Å². The quantitative estimate of drug-likeness (QED) is 0.629. The van der Waals surface area contributed by atoms with Gasteiger partial charge in [0.15, 0.2) is 0 Å². The number of pyridine rings is 1. The van der Waals surface area contributed by atoms with Crippen LogP contribution in [0.15, 0.2) is 30.5 Å². The van der Waals surface area contributed by atoms with Gasteiger partial charge in [0.05, 0.1) is 0 Å². The Balaban J connectivity index is 1.08. The first kappa shape index (κ1) is 24.0. The van der Waals surface area contributed by atoms with Gasteiger partial charge in [0.1, 0.15) is 17.7 Å². The zero-order chi connectivity index (χ0) is 25.5. The average molecular weight is 506 g/mol. The highest BCUT2D eigenvalue weighted by Crippen LogP contribution is 2.35. The van der Waals surface area contributed by atoms with Crippen molar-refractivity contribution in [1.29, 1.82) is 0 Å². The highest BCUT2D eigenvalue weighted by Gasteiger charge is 2.40. The minimum absolute atomic E-state index is 0.0944. The van der Waals surface area contributed by atoms with E-state index in [1.165, 1.54) is 29.4 Å². The molecule has 0 saturated carbocycles. The van der Waals surface area contributed by atoms with Crippen molar-refractivity contribution in [3.63, 3.8) is 0 Å². The van der Waals surface area contributed by atoms with Crippen molar-refractivity contribution < 1.29 is 18.8 Å². The van der Waals surface area contributed by atoms with Crippen molar-refractivity contribution in [2.24, 2.45) is 0 Å². The third-order valence-corrected chi connectivity index (χ3v) is 8.31. The lowest BCUT2D eigenvalue weighted by molar-refractivity contribution is -0.136. The summed E-state index contributed by atoms with van der Waals surface area (Å²) in [7, 11) is 0. The predicted octanol–water partition coefficient (Wildman–Crippen LogP) is 2.96. The molecule has 1 aromatic carbocycles. The van der Waals surface area contributed by atoms with Crippen LogP contribution in [0.25, 0.3) is 0 Å². The number of hydrogen-bond acceptors (Lipinski definition) is 6. The standard InChI is InChI=1S/C28H32FN5O3/c29-23-14-22-20(17-34(28(22)37)24-4-6-26(35)31-27(24)36)13-21(23)19-7-11-32(12-8-19)16-18-3-5-25(30-15-18)33-9-1-2-10-33/h3,5,13-15,19,24H,1-2,4,6-12,16-17H2,(H,31,35,36). The van der Waals surface area contributed by atoms with Crippen LogP contribution in [0.5, 0.6) is 0 Å². The molecule has 6 rings (SSSR count). The Labute approximate surface area is 215 Å². The number of amides is 3. The SMILES string of the molecule is O=C1CCC(N2Cc3cc(C4CCN(Cc5ccc(N6CCCC6)nc5)CC4)c(F)cc3C2=O)C(=O)N1. The summed E-state index contributed by atoms with van der Waals surface area (Å²) in [5.41, 5.74) is 2.94. The number of carbonyl (C=O) groups excluding carboxylic acids is 3. The number of hydrogen-bond donors (Lipinski definition) is 1. The molecule has 1 atom stereocenters. The van der Waals surface area contributed by atoms with E-state index in [1.54, 1.807) is 0 Å². The highest BCUT2D eigenvalue weighted by atomic mass is 19.1. The van der Waals surface area contributed by atoms with Crippen LogP contribution in [0.1, 0.15) is 71.5 Å². The van der Waals surface area contributed by atoms with E-state index in [1.807, 2.05) is 12.3 Å². The fraction of sp³-hybridized carbons (Fsp3) is 0.500. The van der Waals surface area contributed by atoms with Crippen LogP contribution in [0.4, 0.5) is 10.2 Å². The Morgan fingerprint density at radius 2 is 1.78 bits per heavy atom. The molecule has 3 amide bonds. The molecule has 4 aliphatic rings. The van der Waals surface area contributed by atoms with Crippen molar-refractivity contribution in [3.05, 3.63) is 58.5 Å². The molecular formula is C28H32FN5O3. The first-order chi connectivity index (χ1) is 18.0. The van der Waals surface area contributed by atoms with Gasteiger partial charge in [-0.1, -0.05) is 12.1 Å². The summed E-state index contributed by atoms with van der Waals surface area (Å²) in [6.07, 6.45) is 6.64. The van der Waals surface area contributed by atoms with E-state index in [2.05, 4.69) is 32.2 Å². The van der Waals surface area contributed by atoms with E-state index >= 15 is 4.39 Å². The molecule has 0 aliphatic carbocycles. The molecule has 2 aromatic rings. The van der Waals surface area contributed by atoms with E-state index in [4.69, 9.17) is 0 Å². The van der Waals surface area contributed by atoms with Crippen LogP contribution >= 0.6 is 0 Å². The van der Waals surface area contributed by atoms with Crippen molar-refractivity contribution in [3.8, 4) is 0 Å². The Bertz CT molecular complexity index is 1220. The number of nitrogens with one attached hydrogen (secondary N) is 1. The Kier molecular flexibility index (Phi) is 6.40. The van der Waals surface area contributed by atoms with Crippen LogP contribution in [0.2, 0.25) is 0 Å². The van der Waals surface area contributed by atoms with Gasteiger partial charge in [-0.15, -0.1) is 0 Å². The number of halogens is 1. The summed E-state index contributed by atoms with van der Waals surface area (Å²) in [5, 5.41) is 2.31. The number of piperidine rings is 2. The first-order valence-corrected chi connectivity index (χ1v) is 13.4. The van der Waals surface area contributed by atoms with Crippen molar-refractivity contribution >= 4 is 23.5 Å². The smallest absolute Gasteiger partial charge is 0.255 e. The molecule has 9 heteroatoms. The molecule has 8 nitrogen and oxygen atoms in total. The fourth-order valence-corrected chi connectivity index (χ4v) is 6.22. The number of fused-ring (bicyclic) bond motifs is 1. The van der Waals surface area contributed by atoms with Gasteiger partial charge in [-0.05, 0) is 79.9 Å². The second kappa shape index (κ2) is 9.85. The maximum atomic E-state index is 15.2. The van der Waals surface area contributed by atoms with E-state index in [0.717, 1.165) is 56.9 Å². The molecule has 0 bridgehead atoms. The summed E-state index contributed by atoms with van der Waals surface area (Å²) in [6.45, 7) is 5.02. The summed E-state index contributed by atoms with van der Waals surface area (Å²) >= 11 is 0. The lowest BCUT2D eigenvalue weighted by Gasteiger charge is -2.32. The predicted molar refractivity (Wildman–Crippen MR) is 135 cm³/mol. The summed E-state index contributed by atoms with van der Waals surface area (Å²) < 4.78 is 15.2. The van der Waals surface area contributed by atoms with E-state index in [0.29, 0.717) is 17.5 Å². The van der Waals surface area contributed by atoms with Gasteiger partial charge >= 0.3 is 0 Å². The van der Waals surface area contributed by atoms with Crippen LogP contribution in [-0.2, 0) is 22.7 Å². The van der Waals surface area contributed by atoms with Crippen molar-refractivity contribution in [2.75, 3.05) is 31.1 Å². The summed E-state index contributed by atoms with van der Waals surface area (Å²) in [5.74, 6) is -0.308. The molecule has 1 N–H and O–H groups in total. The number of likely N-dealkylation sites (tertiary alicyclic amines) is 1. The second-order valence-corrected chi connectivity index (χ2v) is 10.7. The highest BCUT2D eigenvalue weighted by molar-refractivity contribution is 6.05. The van der Waals surface area contributed by atoms with Crippen LogP contribution in [0, 0.1) is 5.82 Å². The van der Waals surface area contributed by atoms with Crippen LogP contribution < -0.4 is 10.2 Å². The number of aromatic nitrogens is 1. The minimum Gasteiger partial charge on any atom is -0.357 e. The summed E-state index contributed by atoms with van der Waals surface area (Å²) in [6, 6.07) is 6.77. The third-order valence-electron chi connectivity index (χ3n) is 8.31. The van der Waals surface area contributed by atoms with Gasteiger partial charge in [0, 0.05) is 44.4 Å². The second-order valence-electron chi connectivity index (χ2n) is 10.7. The molecule has 4 aliphatic heterocycles. The molecule has 0 radical (unpaired) electrons. The fourth-order valence-electron chi connectivity index (χ4n) is 6.22. The first-order valence-electron chi connectivity index (χ1n) is 13.4. The topological polar surface area (TPSA) is 85.9 Å². The number of rotatable bonds is 5. The van der Waals surface area contributed by atoms with Crippen molar-refractivity contribution in [2.45, 2.75) is 63.6 Å². The van der Waals surface area contributed by atoms with E-state index in [-0.39, 0.29) is 36.5 Å². The maximum Gasteiger partial charge on any atom is 0.255 e. The zero-order valence-electron chi connectivity index (χ0n) is 20.9. The number of anilines is 1. The molecular weight excluding hydrogens is 473 g/mol. The van der Waals surface area contributed by atoms with Gasteiger partial charge in [-0.25, -0.2) is 9.37 Å². The average Bonchev–Trinajstić information content (AvgIpc) is 3.54. The Morgan fingerprint density at radius 1 is 1.00 bits per heavy atom. The zero-order valence-corrected chi connectivity index (χ0v) is 20.9. The largest absolute Gasteiger partial charge is 0.357 e. The van der Waals surface area contributed by atoms with Gasteiger partial charge < -0.3 is 9.80 Å². The lowest BCUT2D eigenvalue weighted by Crippen LogP contribution is -2.52. The van der Waals surface area contributed by atoms with E-state index < -0.39 is 11.9 Å². The molecule has 5 heterocycles. The number of carbonyl (C=O) groups is 3. The Hall–Kier alpha value is -3.33.